The van der Waals surface area contributed by atoms with Crippen molar-refractivity contribution < 1.29 is 0 Å². The van der Waals surface area contributed by atoms with Crippen molar-refractivity contribution in [3.05, 3.63) is 162 Å². The molecule has 3 bridgehead atoms. The fourth-order valence-electron chi connectivity index (χ4n) is 9.51. The van der Waals surface area contributed by atoms with E-state index in [-0.39, 0.29) is 17.7 Å². The van der Waals surface area contributed by atoms with Crippen LogP contribution in [-0.2, 0) is 6.42 Å². The highest BCUT2D eigenvalue weighted by atomic mass is 15.6. The first-order chi connectivity index (χ1) is 25.5. The van der Waals surface area contributed by atoms with Gasteiger partial charge < -0.3 is 14.7 Å². The molecule has 3 atom stereocenters. The van der Waals surface area contributed by atoms with Crippen LogP contribution >= 0.6 is 0 Å². The van der Waals surface area contributed by atoms with Crippen LogP contribution in [0.25, 0.3) is 22.5 Å². The number of likely N-dealkylation sites (N-methyl/N-ethyl adjacent to an activating group) is 1. The van der Waals surface area contributed by atoms with Crippen molar-refractivity contribution in [2.45, 2.75) is 39.0 Å². The lowest BCUT2D eigenvalue weighted by Gasteiger charge is -2.54. The molecular weight excluding hydrogens is 639 g/mol. The van der Waals surface area contributed by atoms with Crippen LogP contribution in [0.15, 0.2) is 145 Å². The maximum atomic E-state index is 5.46. The Morgan fingerprint density at radius 3 is 2.40 bits per heavy atom. The summed E-state index contributed by atoms with van der Waals surface area (Å²) in [6, 6.07) is 34.9. The highest BCUT2D eigenvalue weighted by Gasteiger charge is 2.60. The van der Waals surface area contributed by atoms with Crippen molar-refractivity contribution in [1.29, 1.82) is 0 Å². The van der Waals surface area contributed by atoms with Gasteiger partial charge in [-0.05, 0) is 66.8 Å². The van der Waals surface area contributed by atoms with E-state index >= 15 is 0 Å². The van der Waals surface area contributed by atoms with Gasteiger partial charge in [0.25, 0.3) is 0 Å². The summed E-state index contributed by atoms with van der Waals surface area (Å²) < 4.78 is 0. The first kappa shape index (κ1) is 30.6. The number of allylic oxidation sites excluding steroid dienone is 2. The average Bonchev–Trinajstić information content (AvgIpc) is 3.82. The SMILES string of the molecule is C=C/C=C(\C=C)C1=NN2c3ccc4cc3/C(=C3\c5ccccc5N5c6cnc(-c7ccccc7C)nc6N(C)C35)C(CC)(C4)C2N1c1ccccc1. The van der Waals surface area contributed by atoms with Gasteiger partial charge in [0.1, 0.15) is 18.0 Å². The number of nitrogens with zero attached hydrogens (tertiary/aromatic N) is 7. The third kappa shape index (κ3) is 3.93. The minimum Gasteiger partial charge on any atom is -0.333 e. The summed E-state index contributed by atoms with van der Waals surface area (Å²) in [5, 5.41) is 7.76. The summed E-state index contributed by atoms with van der Waals surface area (Å²) in [5.74, 6) is 2.57. The van der Waals surface area contributed by atoms with Crippen molar-refractivity contribution >= 4 is 45.5 Å². The summed E-state index contributed by atoms with van der Waals surface area (Å²) in [7, 11) is 2.19. The molecule has 7 heteroatoms. The highest BCUT2D eigenvalue weighted by Crippen LogP contribution is 2.65. The molecule has 1 aromatic heterocycles. The number of anilines is 5. The van der Waals surface area contributed by atoms with E-state index in [4.69, 9.17) is 15.1 Å². The first-order valence-corrected chi connectivity index (χ1v) is 18.1. The smallest absolute Gasteiger partial charge is 0.162 e. The lowest BCUT2D eigenvalue weighted by atomic mass is 9.60. The molecule has 4 aromatic carbocycles. The van der Waals surface area contributed by atoms with Crippen molar-refractivity contribution in [3.63, 3.8) is 0 Å². The monoisotopic (exact) mass is 677 g/mol. The Hall–Kier alpha value is -6.21. The Labute approximate surface area is 304 Å². The molecule has 254 valence electrons. The average molecular weight is 678 g/mol. The molecule has 3 unspecified atom stereocenters. The third-order valence-electron chi connectivity index (χ3n) is 11.8. The fourth-order valence-corrected chi connectivity index (χ4v) is 9.51. The normalized spacial score (nSPS) is 23.4. The summed E-state index contributed by atoms with van der Waals surface area (Å²) in [6.07, 6.45) is 9.36. The molecule has 0 N–H and O–H groups in total. The molecule has 0 radical (unpaired) electrons. The van der Waals surface area contributed by atoms with Gasteiger partial charge in [0.05, 0.1) is 17.6 Å². The van der Waals surface area contributed by atoms with Crippen LogP contribution in [0.4, 0.5) is 28.6 Å². The molecule has 7 nitrogen and oxygen atoms in total. The largest absolute Gasteiger partial charge is 0.333 e. The van der Waals surface area contributed by atoms with E-state index in [1.807, 2.05) is 24.4 Å². The Morgan fingerprint density at radius 2 is 1.63 bits per heavy atom. The van der Waals surface area contributed by atoms with Crippen molar-refractivity contribution in [2.24, 2.45) is 10.5 Å². The number of fused-ring (bicyclic) bond motifs is 10. The summed E-state index contributed by atoms with van der Waals surface area (Å²) in [6.45, 7) is 12.7. The van der Waals surface area contributed by atoms with E-state index in [9.17, 15) is 0 Å². The van der Waals surface area contributed by atoms with Gasteiger partial charge in [0.2, 0.25) is 0 Å². The first-order valence-electron chi connectivity index (χ1n) is 18.1. The number of hydrogen-bond donors (Lipinski definition) is 0. The van der Waals surface area contributed by atoms with E-state index in [0.29, 0.717) is 0 Å². The quantitative estimate of drug-likeness (QED) is 0.167. The van der Waals surface area contributed by atoms with Gasteiger partial charge in [-0.25, -0.2) is 15.0 Å². The van der Waals surface area contributed by atoms with Crippen LogP contribution in [0, 0.1) is 12.3 Å². The Kier molecular flexibility index (Phi) is 6.56. The molecule has 5 heterocycles. The van der Waals surface area contributed by atoms with Gasteiger partial charge in [-0.2, -0.15) is 5.10 Å². The molecule has 0 fully saturated rings. The standard InChI is InChI=1S/C45H39N7/c1-6-16-30(7-2)41-48-52-36-24-23-29-25-34(36)39(45(8-3,26-29)44(52)50(41)31-18-10-9-11-19-31)38-33-21-14-15-22-35(33)51-37-27-46-40(32-20-13-12-17-28(32)4)47-42(37)49(5)43(38)51/h6-7,9-25,27,43-44H,1-2,8,26H2,3-5H3/b30-16+,39-38-. The van der Waals surface area contributed by atoms with Gasteiger partial charge >= 0.3 is 0 Å². The molecule has 0 amide bonds. The predicted octanol–water partition coefficient (Wildman–Crippen LogP) is 9.52. The summed E-state index contributed by atoms with van der Waals surface area (Å²) >= 11 is 0. The van der Waals surface area contributed by atoms with E-state index in [0.717, 1.165) is 64.1 Å². The molecule has 10 rings (SSSR count). The zero-order valence-electron chi connectivity index (χ0n) is 29.7. The van der Waals surface area contributed by atoms with Crippen molar-refractivity contribution in [1.82, 2.24) is 9.97 Å². The van der Waals surface area contributed by atoms with Gasteiger partial charge in [-0.1, -0.05) is 105 Å². The van der Waals surface area contributed by atoms with Crippen LogP contribution in [-0.4, -0.2) is 35.2 Å². The number of rotatable bonds is 6. The Balaban J connectivity index is 1.23. The number of benzene rings is 4. The predicted molar refractivity (Wildman–Crippen MR) is 214 cm³/mol. The second-order valence-electron chi connectivity index (χ2n) is 14.3. The van der Waals surface area contributed by atoms with Gasteiger partial charge in [0.15, 0.2) is 17.5 Å². The Bertz CT molecular complexity index is 2440. The molecule has 0 saturated heterocycles. The Morgan fingerprint density at radius 1 is 0.865 bits per heavy atom. The molecule has 5 aliphatic rings. The molecule has 0 spiro atoms. The number of hydrazone groups is 1. The number of aryl methyl sites for hydroxylation is 1. The maximum Gasteiger partial charge on any atom is 0.162 e. The van der Waals surface area contributed by atoms with Crippen LogP contribution in [0.2, 0.25) is 0 Å². The van der Waals surface area contributed by atoms with Crippen LogP contribution in [0.3, 0.4) is 0 Å². The van der Waals surface area contributed by atoms with Crippen LogP contribution in [0.5, 0.6) is 0 Å². The molecular formula is C45H39N7. The van der Waals surface area contributed by atoms with Crippen LogP contribution < -0.4 is 19.7 Å². The fraction of sp³-hybridized carbons (Fsp3) is 0.178. The van der Waals surface area contributed by atoms with E-state index in [2.05, 4.69) is 151 Å². The zero-order chi connectivity index (χ0) is 35.3. The molecule has 52 heavy (non-hydrogen) atoms. The van der Waals surface area contributed by atoms with Gasteiger partial charge in [-0.3, -0.25) is 0 Å². The zero-order valence-corrected chi connectivity index (χ0v) is 29.7. The molecule has 5 aromatic rings. The maximum absolute atomic E-state index is 5.46. The topological polar surface area (TPSA) is 51.1 Å². The van der Waals surface area contributed by atoms with Crippen LogP contribution in [0.1, 0.15) is 35.6 Å². The third-order valence-corrected chi connectivity index (χ3v) is 11.8. The number of amidine groups is 1. The summed E-state index contributed by atoms with van der Waals surface area (Å²) in [4.78, 5) is 17.5. The number of hydrogen-bond acceptors (Lipinski definition) is 7. The molecule has 4 aliphatic heterocycles. The van der Waals surface area contributed by atoms with E-state index in [1.54, 1.807) is 0 Å². The second kappa shape index (κ2) is 11.1. The lowest BCUT2D eigenvalue weighted by Crippen LogP contribution is -2.59. The minimum atomic E-state index is -0.318. The molecule has 1 aliphatic carbocycles. The number of aromatic nitrogens is 2. The van der Waals surface area contributed by atoms with Crippen molar-refractivity contribution in [2.75, 3.05) is 26.8 Å². The minimum absolute atomic E-state index is 0.0905. The highest BCUT2D eigenvalue weighted by molar-refractivity contribution is 6.17. The lowest BCUT2D eigenvalue weighted by molar-refractivity contribution is 0.290. The number of para-hydroxylation sites is 2. The van der Waals surface area contributed by atoms with Crippen molar-refractivity contribution in [3.8, 4) is 11.4 Å². The molecule has 0 saturated carbocycles. The van der Waals surface area contributed by atoms with E-state index < -0.39 is 0 Å². The second-order valence-corrected chi connectivity index (χ2v) is 14.3. The van der Waals surface area contributed by atoms with Gasteiger partial charge in [-0.15, -0.1) is 0 Å². The van der Waals surface area contributed by atoms with Gasteiger partial charge in [0, 0.05) is 46.0 Å². The van der Waals surface area contributed by atoms with E-state index in [1.165, 1.54) is 33.5 Å². The summed E-state index contributed by atoms with van der Waals surface area (Å²) in [5.41, 5.74) is 13.9.